The summed E-state index contributed by atoms with van der Waals surface area (Å²) in [5.74, 6) is 0. The van der Waals surface area contributed by atoms with Gasteiger partial charge in [-0.2, -0.15) is 0 Å². The van der Waals surface area contributed by atoms with Gasteiger partial charge in [0.05, 0.1) is 5.03 Å². The fourth-order valence-corrected chi connectivity index (χ4v) is 1.08. The number of nitrogens with one attached hydrogen (secondary N) is 1. The Bertz CT molecular complexity index is 225. The Kier molecular flexibility index (Phi) is 1.67. The molecule has 1 N–H and O–H groups in total. The van der Waals surface area contributed by atoms with Crippen LogP contribution in [0.25, 0.3) is 6.08 Å². The molecule has 0 amide bonds. The maximum absolute atomic E-state index is 4.17. The van der Waals surface area contributed by atoms with E-state index in [9.17, 15) is 0 Å². The van der Waals surface area contributed by atoms with Crippen LogP contribution in [-0.2, 0) is 0 Å². The zero-order chi connectivity index (χ0) is 6.85. The molecule has 0 aliphatic heterocycles. The lowest BCUT2D eigenvalue weighted by Gasteiger charge is -1.83. The van der Waals surface area contributed by atoms with Crippen LogP contribution in [0.5, 0.6) is 0 Å². The summed E-state index contributed by atoms with van der Waals surface area (Å²) in [6.07, 6.45) is 1.78. The molecule has 0 radical (unpaired) electrons. The largest absolute Gasteiger partial charge is 0.354 e. The van der Waals surface area contributed by atoms with E-state index in [2.05, 4.69) is 24.2 Å². The monoisotopic (exact) mass is 139 g/mol. The highest BCUT2D eigenvalue weighted by Crippen LogP contribution is 2.14. The molecular weight excluding hydrogens is 130 g/mol. The standard InChI is InChI=1S/C7H9NS/c1-3-6-4-5(2)8-7(6)9/h3-4,8-9H,1H2,2H3. The highest BCUT2D eigenvalue weighted by atomic mass is 32.1. The molecule has 0 fully saturated rings. The molecule has 0 unspecified atom stereocenters. The summed E-state index contributed by atoms with van der Waals surface area (Å²) in [6.45, 7) is 5.63. The summed E-state index contributed by atoms with van der Waals surface area (Å²) in [5, 5.41) is 0.891. The van der Waals surface area contributed by atoms with Crippen molar-refractivity contribution < 1.29 is 0 Å². The predicted octanol–water partition coefficient (Wildman–Crippen LogP) is 2.25. The Balaban J connectivity index is 3.15. The van der Waals surface area contributed by atoms with E-state index >= 15 is 0 Å². The van der Waals surface area contributed by atoms with Crippen molar-refractivity contribution in [3.05, 3.63) is 23.9 Å². The van der Waals surface area contributed by atoms with Gasteiger partial charge in [-0.3, -0.25) is 0 Å². The number of aromatic nitrogens is 1. The van der Waals surface area contributed by atoms with Crippen molar-refractivity contribution in [2.45, 2.75) is 11.9 Å². The highest BCUT2D eigenvalue weighted by Gasteiger charge is 1.95. The molecule has 0 atom stereocenters. The molecule has 0 aromatic carbocycles. The van der Waals surface area contributed by atoms with Gasteiger partial charge in [0.25, 0.3) is 0 Å². The van der Waals surface area contributed by atoms with Crippen LogP contribution in [0.4, 0.5) is 0 Å². The molecule has 0 saturated heterocycles. The van der Waals surface area contributed by atoms with Crippen molar-refractivity contribution >= 4 is 18.7 Å². The molecule has 1 heterocycles. The van der Waals surface area contributed by atoms with Crippen LogP contribution in [0.3, 0.4) is 0 Å². The predicted molar refractivity (Wildman–Crippen MR) is 42.9 cm³/mol. The normalized spacial score (nSPS) is 9.56. The minimum absolute atomic E-state index is 0.891. The molecule has 1 aromatic heterocycles. The fraction of sp³-hybridized carbons (Fsp3) is 0.143. The van der Waals surface area contributed by atoms with Gasteiger partial charge < -0.3 is 4.98 Å². The van der Waals surface area contributed by atoms with E-state index in [0.717, 1.165) is 16.3 Å². The first-order valence-electron chi connectivity index (χ1n) is 2.75. The first-order chi connectivity index (χ1) is 4.24. The van der Waals surface area contributed by atoms with E-state index in [4.69, 9.17) is 0 Å². The number of hydrogen-bond acceptors (Lipinski definition) is 1. The Morgan fingerprint density at radius 1 is 1.78 bits per heavy atom. The van der Waals surface area contributed by atoms with Crippen LogP contribution in [0.1, 0.15) is 11.3 Å². The second kappa shape index (κ2) is 2.31. The summed E-state index contributed by atoms with van der Waals surface area (Å²) in [7, 11) is 0. The highest BCUT2D eigenvalue weighted by molar-refractivity contribution is 7.80. The third-order valence-electron chi connectivity index (χ3n) is 1.18. The van der Waals surface area contributed by atoms with Crippen molar-refractivity contribution in [1.29, 1.82) is 0 Å². The number of H-pyrrole nitrogens is 1. The molecule has 2 heteroatoms. The summed E-state index contributed by atoms with van der Waals surface area (Å²) < 4.78 is 0. The van der Waals surface area contributed by atoms with Crippen molar-refractivity contribution in [2.24, 2.45) is 0 Å². The second-order valence-corrected chi connectivity index (χ2v) is 2.41. The molecule has 0 saturated carbocycles. The molecule has 0 aliphatic carbocycles. The zero-order valence-corrected chi connectivity index (χ0v) is 6.20. The van der Waals surface area contributed by atoms with Gasteiger partial charge in [0, 0.05) is 11.3 Å². The van der Waals surface area contributed by atoms with E-state index in [1.54, 1.807) is 6.08 Å². The maximum Gasteiger partial charge on any atom is 0.0766 e. The summed E-state index contributed by atoms with van der Waals surface area (Å²) in [5.41, 5.74) is 2.19. The molecule has 0 aliphatic rings. The average molecular weight is 139 g/mol. The van der Waals surface area contributed by atoms with E-state index in [-0.39, 0.29) is 0 Å². The summed E-state index contributed by atoms with van der Waals surface area (Å²) >= 11 is 4.17. The molecule has 48 valence electrons. The van der Waals surface area contributed by atoms with E-state index in [0.29, 0.717) is 0 Å². The number of aryl methyl sites for hydroxylation is 1. The van der Waals surface area contributed by atoms with E-state index < -0.39 is 0 Å². The van der Waals surface area contributed by atoms with Crippen LogP contribution in [0.15, 0.2) is 17.7 Å². The third-order valence-corrected chi connectivity index (χ3v) is 1.55. The SMILES string of the molecule is C=Cc1cc(C)[nH]c1S. The molecule has 1 rings (SSSR count). The first-order valence-corrected chi connectivity index (χ1v) is 3.20. The van der Waals surface area contributed by atoms with Gasteiger partial charge in [-0.25, -0.2) is 0 Å². The van der Waals surface area contributed by atoms with Crippen molar-refractivity contribution in [3.8, 4) is 0 Å². The Labute approximate surface area is 60.2 Å². The summed E-state index contributed by atoms with van der Waals surface area (Å²) in [4.78, 5) is 3.05. The lowest BCUT2D eigenvalue weighted by Crippen LogP contribution is -1.66. The third kappa shape index (κ3) is 1.19. The van der Waals surface area contributed by atoms with Gasteiger partial charge in [0.2, 0.25) is 0 Å². The van der Waals surface area contributed by atoms with Gasteiger partial charge in [-0.1, -0.05) is 12.7 Å². The molecule has 1 nitrogen and oxygen atoms in total. The molecular formula is C7H9NS. The van der Waals surface area contributed by atoms with Crippen molar-refractivity contribution in [3.63, 3.8) is 0 Å². The lowest BCUT2D eigenvalue weighted by atomic mass is 10.3. The zero-order valence-electron chi connectivity index (χ0n) is 5.31. The van der Waals surface area contributed by atoms with Crippen LogP contribution >= 0.6 is 12.6 Å². The van der Waals surface area contributed by atoms with E-state index in [1.807, 2.05) is 13.0 Å². The van der Waals surface area contributed by atoms with Gasteiger partial charge >= 0.3 is 0 Å². The average Bonchev–Trinajstić information content (AvgIpc) is 2.10. The quantitative estimate of drug-likeness (QED) is 0.555. The van der Waals surface area contributed by atoms with Crippen molar-refractivity contribution in [1.82, 2.24) is 4.98 Å². The smallest absolute Gasteiger partial charge is 0.0766 e. The number of hydrogen-bond donors (Lipinski definition) is 2. The van der Waals surface area contributed by atoms with Gasteiger partial charge in [0.15, 0.2) is 0 Å². The van der Waals surface area contributed by atoms with Crippen LogP contribution in [-0.4, -0.2) is 4.98 Å². The summed E-state index contributed by atoms with van der Waals surface area (Å²) in [6, 6.07) is 2.01. The fourth-order valence-electron chi connectivity index (χ4n) is 0.752. The first kappa shape index (κ1) is 6.49. The van der Waals surface area contributed by atoms with Gasteiger partial charge in [0.1, 0.15) is 0 Å². The lowest BCUT2D eigenvalue weighted by molar-refractivity contribution is 1.14. The Hall–Kier alpha value is -0.630. The van der Waals surface area contributed by atoms with Gasteiger partial charge in [-0.05, 0) is 13.0 Å². The Morgan fingerprint density at radius 2 is 2.44 bits per heavy atom. The molecule has 0 spiro atoms. The second-order valence-electron chi connectivity index (χ2n) is 1.96. The number of aromatic amines is 1. The maximum atomic E-state index is 4.17. The van der Waals surface area contributed by atoms with Gasteiger partial charge in [-0.15, -0.1) is 12.6 Å². The minimum atomic E-state index is 0.891. The molecule has 1 aromatic rings. The minimum Gasteiger partial charge on any atom is -0.354 e. The molecule has 9 heavy (non-hydrogen) atoms. The molecule has 0 bridgehead atoms. The van der Waals surface area contributed by atoms with Crippen molar-refractivity contribution in [2.75, 3.05) is 0 Å². The van der Waals surface area contributed by atoms with Crippen LogP contribution in [0, 0.1) is 6.92 Å². The van der Waals surface area contributed by atoms with Crippen LogP contribution in [0.2, 0.25) is 0 Å². The number of thiol groups is 1. The Morgan fingerprint density at radius 3 is 2.67 bits per heavy atom. The van der Waals surface area contributed by atoms with Crippen LogP contribution < -0.4 is 0 Å². The topological polar surface area (TPSA) is 15.8 Å². The van der Waals surface area contributed by atoms with E-state index in [1.165, 1.54) is 0 Å². The number of rotatable bonds is 1.